The van der Waals surface area contributed by atoms with Gasteiger partial charge in [0.2, 0.25) is 0 Å². The second-order valence-electron chi connectivity index (χ2n) is 6.00. The summed E-state index contributed by atoms with van der Waals surface area (Å²) >= 11 is 0. The molecule has 0 heterocycles. The minimum absolute atomic E-state index is 0.0762. The fourth-order valence-electron chi connectivity index (χ4n) is 2.68. The number of carbonyl (C=O) groups excluding carboxylic acids is 1. The van der Waals surface area contributed by atoms with Crippen molar-refractivity contribution < 1.29 is 14.6 Å². The second-order valence-corrected chi connectivity index (χ2v) is 6.00. The summed E-state index contributed by atoms with van der Waals surface area (Å²) in [7, 11) is 1.60. The molecule has 0 fully saturated rings. The van der Waals surface area contributed by atoms with Crippen LogP contribution in [0.5, 0.6) is 11.5 Å². The van der Waals surface area contributed by atoms with E-state index in [2.05, 4.69) is 15.8 Å². The highest BCUT2D eigenvalue weighted by molar-refractivity contribution is 6.06. The van der Waals surface area contributed by atoms with E-state index < -0.39 is 0 Å². The first kappa shape index (κ1) is 18.3. The molecule has 138 valence electrons. The number of hydrazone groups is 1. The van der Waals surface area contributed by atoms with Crippen molar-refractivity contribution in [2.75, 3.05) is 19.0 Å². The lowest BCUT2D eigenvalue weighted by Crippen LogP contribution is -2.26. The van der Waals surface area contributed by atoms with E-state index in [-0.39, 0.29) is 18.2 Å². The van der Waals surface area contributed by atoms with Gasteiger partial charge < -0.3 is 15.2 Å². The predicted molar refractivity (Wildman–Crippen MR) is 107 cm³/mol. The quantitative estimate of drug-likeness (QED) is 0.462. The van der Waals surface area contributed by atoms with Crippen LogP contribution in [0.3, 0.4) is 0 Å². The maximum atomic E-state index is 12.0. The molecule has 6 heteroatoms. The third-order valence-corrected chi connectivity index (χ3v) is 4.18. The molecule has 3 aromatic rings. The summed E-state index contributed by atoms with van der Waals surface area (Å²) in [6.07, 6.45) is 0. The average Bonchev–Trinajstić information content (AvgIpc) is 2.71. The van der Waals surface area contributed by atoms with Gasteiger partial charge in [0.1, 0.15) is 11.5 Å². The molecule has 0 radical (unpaired) electrons. The average molecular weight is 363 g/mol. The fourth-order valence-corrected chi connectivity index (χ4v) is 2.68. The molecule has 0 saturated carbocycles. The normalized spacial score (nSPS) is 11.3. The Labute approximate surface area is 157 Å². The van der Waals surface area contributed by atoms with E-state index >= 15 is 0 Å². The molecule has 0 aromatic heterocycles. The molecule has 0 atom stereocenters. The standard InChI is InChI=1S/C21H21N3O3/c1-14(18-12-7-15-5-3-4-6-19(15)21(18)26)23-24-20(25)13-22-16-8-10-17(27-2)11-9-16/h3-12,22,26H,13H2,1-2H3,(H,24,25)/b23-14+. The summed E-state index contributed by atoms with van der Waals surface area (Å²) in [5.41, 5.74) is 4.41. The van der Waals surface area contributed by atoms with Crippen LogP contribution in [0.15, 0.2) is 65.8 Å². The Bertz CT molecular complexity index is 982. The van der Waals surface area contributed by atoms with Gasteiger partial charge >= 0.3 is 0 Å². The van der Waals surface area contributed by atoms with Crippen LogP contribution < -0.4 is 15.5 Å². The van der Waals surface area contributed by atoms with Crippen molar-refractivity contribution in [2.45, 2.75) is 6.92 Å². The van der Waals surface area contributed by atoms with Crippen molar-refractivity contribution in [1.29, 1.82) is 0 Å². The molecular weight excluding hydrogens is 342 g/mol. The number of hydrogen-bond donors (Lipinski definition) is 3. The number of phenolic OH excluding ortho intramolecular Hbond substituents is 1. The summed E-state index contributed by atoms with van der Waals surface area (Å²) in [5, 5.41) is 19.3. The van der Waals surface area contributed by atoms with Crippen molar-refractivity contribution in [3.8, 4) is 11.5 Å². The molecule has 6 nitrogen and oxygen atoms in total. The predicted octanol–water partition coefficient (Wildman–Crippen LogP) is 3.51. The van der Waals surface area contributed by atoms with Gasteiger partial charge in [0.15, 0.2) is 0 Å². The van der Waals surface area contributed by atoms with Gasteiger partial charge in [-0.05, 0) is 42.6 Å². The van der Waals surface area contributed by atoms with Crippen LogP contribution >= 0.6 is 0 Å². The number of aromatic hydroxyl groups is 1. The number of hydrogen-bond acceptors (Lipinski definition) is 5. The van der Waals surface area contributed by atoms with E-state index in [0.717, 1.165) is 22.2 Å². The molecule has 0 spiro atoms. The zero-order chi connectivity index (χ0) is 19.2. The molecule has 0 aliphatic heterocycles. The van der Waals surface area contributed by atoms with E-state index in [1.807, 2.05) is 54.6 Å². The lowest BCUT2D eigenvalue weighted by Gasteiger charge is -2.09. The molecule has 27 heavy (non-hydrogen) atoms. The van der Waals surface area contributed by atoms with Gasteiger partial charge in [0, 0.05) is 16.6 Å². The zero-order valence-electron chi connectivity index (χ0n) is 15.2. The van der Waals surface area contributed by atoms with Crippen LogP contribution in [0.2, 0.25) is 0 Å². The first-order valence-electron chi connectivity index (χ1n) is 8.50. The SMILES string of the molecule is COc1ccc(NCC(=O)N/N=C(\C)c2ccc3ccccc3c2O)cc1. The van der Waals surface area contributed by atoms with Crippen molar-refractivity contribution in [3.63, 3.8) is 0 Å². The summed E-state index contributed by atoms with van der Waals surface area (Å²) in [6.45, 7) is 1.81. The molecule has 0 bridgehead atoms. The van der Waals surface area contributed by atoms with Crippen molar-refractivity contribution in [1.82, 2.24) is 5.43 Å². The molecular formula is C21H21N3O3. The van der Waals surface area contributed by atoms with Crippen LogP contribution in [-0.2, 0) is 4.79 Å². The van der Waals surface area contributed by atoms with E-state index in [1.54, 1.807) is 20.1 Å². The number of phenols is 1. The third-order valence-electron chi connectivity index (χ3n) is 4.18. The third kappa shape index (κ3) is 4.36. The molecule has 3 aromatic carbocycles. The largest absolute Gasteiger partial charge is 0.507 e. The molecule has 0 saturated heterocycles. The topological polar surface area (TPSA) is 83.0 Å². The lowest BCUT2D eigenvalue weighted by atomic mass is 10.0. The molecule has 1 amide bonds. The van der Waals surface area contributed by atoms with E-state index in [0.29, 0.717) is 11.3 Å². The zero-order valence-corrected chi connectivity index (χ0v) is 15.2. The molecule has 3 N–H and O–H groups in total. The number of benzene rings is 3. The minimum atomic E-state index is -0.287. The van der Waals surface area contributed by atoms with Gasteiger partial charge in [-0.2, -0.15) is 5.10 Å². The number of nitrogens with one attached hydrogen (secondary N) is 2. The lowest BCUT2D eigenvalue weighted by molar-refractivity contribution is -0.119. The molecule has 0 aliphatic carbocycles. The summed E-state index contributed by atoms with van der Waals surface area (Å²) in [5.74, 6) is 0.617. The van der Waals surface area contributed by atoms with Crippen molar-refractivity contribution in [3.05, 3.63) is 66.2 Å². The van der Waals surface area contributed by atoms with Crippen molar-refractivity contribution in [2.24, 2.45) is 5.10 Å². The van der Waals surface area contributed by atoms with Gasteiger partial charge in [-0.15, -0.1) is 0 Å². The first-order chi connectivity index (χ1) is 13.1. The second kappa shape index (κ2) is 8.23. The van der Waals surface area contributed by atoms with Crippen molar-refractivity contribution >= 4 is 28.1 Å². The van der Waals surface area contributed by atoms with E-state index in [4.69, 9.17) is 4.74 Å². The Balaban J connectivity index is 1.62. The summed E-state index contributed by atoms with van der Waals surface area (Å²) in [6, 6.07) is 18.5. The Morgan fingerprint density at radius 1 is 1.07 bits per heavy atom. The maximum absolute atomic E-state index is 12.0. The Morgan fingerprint density at radius 2 is 1.81 bits per heavy atom. The van der Waals surface area contributed by atoms with Gasteiger partial charge in [0.05, 0.1) is 19.4 Å². The van der Waals surface area contributed by atoms with Crippen LogP contribution in [0.4, 0.5) is 5.69 Å². The van der Waals surface area contributed by atoms with E-state index in [1.165, 1.54) is 0 Å². The van der Waals surface area contributed by atoms with Crippen LogP contribution in [0, 0.1) is 0 Å². The summed E-state index contributed by atoms with van der Waals surface area (Å²) in [4.78, 5) is 12.0. The number of amides is 1. The van der Waals surface area contributed by atoms with Gasteiger partial charge in [0.25, 0.3) is 5.91 Å². The Morgan fingerprint density at radius 3 is 2.56 bits per heavy atom. The van der Waals surface area contributed by atoms with E-state index in [9.17, 15) is 9.90 Å². The number of anilines is 1. The highest BCUT2D eigenvalue weighted by atomic mass is 16.5. The molecule has 3 rings (SSSR count). The fraction of sp³-hybridized carbons (Fsp3) is 0.143. The number of nitrogens with zero attached hydrogens (tertiary/aromatic N) is 1. The van der Waals surface area contributed by atoms with Crippen LogP contribution in [-0.4, -0.2) is 30.4 Å². The Kier molecular flexibility index (Phi) is 5.56. The number of ether oxygens (including phenoxy) is 1. The maximum Gasteiger partial charge on any atom is 0.259 e. The van der Waals surface area contributed by atoms with Crippen LogP contribution in [0.25, 0.3) is 10.8 Å². The minimum Gasteiger partial charge on any atom is -0.507 e. The number of rotatable bonds is 6. The van der Waals surface area contributed by atoms with Gasteiger partial charge in [-0.1, -0.05) is 30.3 Å². The van der Waals surface area contributed by atoms with Gasteiger partial charge in [-0.3, -0.25) is 4.79 Å². The summed E-state index contributed by atoms with van der Waals surface area (Å²) < 4.78 is 5.09. The monoisotopic (exact) mass is 363 g/mol. The highest BCUT2D eigenvalue weighted by Gasteiger charge is 2.09. The Hall–Kier alpha value is -3.54. The molecule has 0 aliphatic rings. The molecule has 0 unspecified atom stereocenters. The first-order valence-corrected chi connectivity index (χ1v) is 8.50. The number of methoxy groups -OCH3 is 1. The number of fused-ring (bicyclic) bond motifs is 1. The van der Waals surface area contributed by atoms with Gasteiger partial charge in [-0.25, -0.2) is 5.43 Å². The smallest absolute Gasteiger partial charge is 0.259 e. The van der Waals surface area contributed by atoms with Crippen LogP contribution in [0.1, 0.15) is 12.5 Å². The highest BCUT2D eigenvalue weighted by Crippen LogP contribution is 2.28. The number of carbonyl (C=O) groups is 1.